The van der Waals surface area contributed by atoms with Crippen LogP contribution in [0.1, 0.15) is 34.5 Å². The van der Waals surface area contributed by atoms with Gasteiger partial charge in [0.1, 0.15) is 6.54 Å². The topological polar surface area (TPSA) is 20.1 Å². The van der Waals surface area contributed by atoms with Gasteiger partial charge in [0.05, 0.1) is 4.88 Å². The maximum Gasteiger partial charge on any atom is 0.253 e. The Morgan fingerprint density at radius 3 is 3.07 bits per heavy atom. The van der Waals surface area contributed by atoms with Gasteiger partial charge in [-0.3, -0.25) is 4.79 Å². The van der Waals surface area contributed by atoms with Crippen LogP contribution in [0.5, 0.6) is 0 Å². The summed E-state index contributed by atoms with van der Waals surface area (Å²) < 4.78 is 2.27. The van der Waals surface area contributed by atoms with E-state index < -0.39 is 0 Å². The Labute approximate surface area is 103 Å². The first-order valence-electron chi connectivity index (χ1n) is 5.08. The van der Waals surface area contributed by atoms with E-state index in [1.54, 1.807) is 11.3 Å². The number of rotatable bonds is 0. The van der Waals surface area contributed by atoms with Gasteiger partial charge >= 0.3 is 0 Å². The average molecular weight is 286 g/mol. The lowest BCUT2D eigenvalue weighted by Crippen LogP contribution is -3.00. The lowest BCUT2D eigenvalue weighted by atomic mass is 9.96. The molecule has 2 aliphatic heterocycles. The number of carbonyl (C=O) groups excluding carboxylic acids is 1. The monoisotopic (exact) mass is 285 g/mol. The number of ketones is 1. The average Bonchev–Trinajstić information content (AvgIpc) is 2.66. The number of hydrogen-bond acceptors (Lipinski definition) is 2. The van der Waals surface area contributed by atoms with Crippen molar-refractivity contribution < 1.29 is 26.4 Å². The van der Waals surface area contributed by atoms with Crippen molar-refractivity contribution in [3.63, 3.8) is 0 Å². The van der Waals surface area contributed by atoms with Crippen molar-refractivity contribution >= 4 is 22.8 Å². The first-order valence-corrected chi connectivity index (χ1v) is 5.96. The fourth-order valence-corrected chi connectivity index (χ4v) is 3.20. The summed E-state index contributed by atoms with van der Waals surface area (Å²) in [5, 5.41) is 2.03. The third-order valence-corrected chi connectivity index (χ3v) is 3.97. The number of carbonyl (C=O) groups is 1. The second-order valence-corrected chi connectivity index (χ2v) is 4.91. The number of thiophene rings is 1. The fraction of sp³-hybridized carbons (Fsp3) is 0.455. The molecule has 1 aromatic rings. The van der Waals surface area contributed by atoms with E-state index in [4.69, 9.17) is 0 Å². The molecule has 0 aliphatic carbocycles. The van der Waals surface area contributed by atoms with Crippen molar-refractivity contribution in [1.82, 2.24) is 0 Å². The van der Waals surface area contributed by atoms with Gasteiger partial charge in [0.25, 0.3) is 5.78 Å². The summed E-state index contributed by atoms with van der Waals surface area (Å²) in [6.07, 6.45) is 3.39. The smallest absolute Gasteiger partial charge is 0.253 e. The molecule has 0 fully saturated rings. The van der Waals surface area contributed by atoms with Crippen molar-refractivity contribution in [2.45, 2.75) is 25.8 Å². The maximum absolute atomic E-state index is 12.0. The van der Waals surface area contributed by atoms with Crippen molar-refractivity contribution in [3.8, 4) is 0 Å². The molecule has 15 heavy (non-hydrogen) atoms. The molecule has 0 spiro atoms. The fourth-order valence-electron chi connectivity index (χ4n) is 2.31. The van der Waals surface area contributed by atoms with Crippen LogP contribution >= 0.6 is 11.3 Å². The Hall–Kier alpha value is -0.480. The Kier molecular flexibility index (Phi) is 3.07. The zero-order valence-electron chi connectivity index (χ0n) is 8.33. The number of halogens is 1. The summed E-state index contributed by atoms with van der Waals surface area (Å²) in [5.74, 6) is 0.284. The minimum Gasteiger partial charge on any atom is -1.00 e. The molecule has 0 radical (unpaired) electrons. The quantitative estimate of drug-likeness (QED) is 0.565. The molecule has 80 valence electrons. The Bertz CT molecular complexity index is 436. The molecule has 0 atom stereocenters. The Morgan fingerprint density at radius 1 is 1.33 bits per heavy atom. The zero-order chi connectivity index (χ0) is 9.54. The van der Waals surface area contributed by atoms with E-state index in [0.29, 0.717) is 0 Å². The largest absolute Gasteiger partial charge is 1.00 e. The SMILES string of the molecule is O=C1C2=[N+](CCCC2)Cc2sccc21.[Br-]. The second-order valence-electron chi connectivity index (χ2n) is 3.91. The van der Waals surface area contributed by atoms with Crippen LogP contribution in [0.4, 0.5) is 0 Å². The molecule has 3 rings (SSSR count). The summed E-state index contributed by atoms with van der Waals surface area (Å²) in [5.41, 5.74) is 2.02. The molecule has 0 aromatic carbocycles. The lowest BCUT2D eigenvalue weighted by Gasteiger charge is -2.17. The van der Waals surface area contributed by atoms with Crippen LogP contribution in [0, 0.1) is 0 Å². The molecule has 0 amide bonds. The summed E-state index contributed by atoms with van der Waals surface area (Å²) in [7, 11) is 0. The van der Waals surface area contributed by atoms with Crippen LogP contribution in [0.2, 0.25) is 0 Å². The van der Waals surface area contributed by atoms with E-state index in [1.807, 2.05) is 11.4 Å². The van der Waals surface area contributed by atoms with E-state index in [-0.39, 0.29) is 22.8 Å². The molecule has 0 unspecified atom stereocenters. The normalized spacial score (nSPS) is 19.3. The molecule has 1 aromatic heterocycles. The van der Waals surface area contributed by atoms with Gasteiger partial charge < -0.3 is 17.0 Å². The molecule has 0 saturated heterocycles. The van der Waals surface area contributed by atoms with Crippen LogP contribution in [0.3, 0.4) is 0 Å². The lowest BCUT2D eigenvalue weighted by molar-refractivity contribution is -0.548. The van der Waals surface area contributed by atoms with Gasteiger partial charge in [-0.05, 0) is 17.9 Å². The molecular weight excluding hydrogens is 274 g/mol. The van der Waals surface area contributed by atoms with E-state index in [2.05, 4.69) is 4.58 Å². The molecule has 0 bridgehead atoms. The summed E-state index contributed by atoms with van der Waals surface area (Å²) in [6.45, 7) is 2.03. The van der Waals surface area contributed by atoms with Crippen LogP contribution in [0.15, 0.2) is 11.4 Å². The third-order valence-electron chi connectivity index (χ3n) is 3.06. The summed E-state index contributed by atoms with van der Waals surface area (Å²) >= 11 is 1.71. The summed E-state index contributed by atoms with van der Waals surface area (Å²) in [4.78, 5) is 13.3. The van der Waals surface area contributed by atoms with E-state index in [0.717, 1.165) is 30.8 Å². The number of fused-ring (bicyclic) bond motifs is 1. The maximum atomic E-state index is 12.0. The van der Waals surface area contributed by atoms with Gasteiger partial charge in [-0.25, -0.2) is 4.58 Å². The predicted octanol–water partition coefficient (Wildman–Crippen LogP) is -0.914. The number of Topliss-reactive ketones (excluding diaryl/α,β-unsaturated/α-hetero) is 1. The third kappa shape index (κ3) is 1.70. The van der Waals surface area contributed by atoms with Crippen LogP contribution < -0.4 is 17.0 Å². The van der Waals surface area contributed by atoms with E-state index in [1.165, 1.54) is 17.7 Å². The highest BCUT2D eigenvalue weighted by molar-refractivity contribution is 7.10. The van der Waals surface area contributed by atoms with Gasteiger partial charge in [-0.15, -0.1) is 11.3 Å². The molecule has 0 saturated carbocycles. The van der Waals surface area contributed by atoms with Crippen molar-refractivity contribution in [2.24, 2.45) is 0 Å². The standard InChI is InChI=1S/C11H12NOS.BrH/c13-11-8-4-6-14-10(8)7-12-5-2-1-3-9(11)12;/h4,6H,1-3,5,7H2;1H/q+1;/p-1. The minimum absolute atomic E-state index is 0. The highest BCUT2D eigenvalue weighted by Gasteiger charge is 2.34. The van der Waals surface area contributed by atoms with Crippen LogP contribution in [0.25, 0.3) is 0 Å². The minimum atomic E-state index is 0. The van der Waals surface area contributed by atoms with Crippen molar-refractivity contribution in [1.29, 1.82) is 0 Å². The highest BCUT2D eigenvalue weighted by Crippen LogP contribution is 2.25. The van der Waals surface area contributed by atoms with E-state index >= 15 is 0 Å². The van der Waals surface area contributed by atoms with Crippen LogP contribution in [-0.4, -0.2) is 22.6 Å². The first-order chi connectivity index (χ1) is 6.86. The van der Waals surface area contributed by atoms with Gasteiger partial charge in [0.2, 0.25) is 5.71 Å². The number of nitrogens with zero attached hydrogens (tertiary/aromatic N) is 1. The zero-order valence-corrected chi connectivity index (χ0v) is 10.7. The highest BCUT2D eigenvalue weighted by atomic mass is 79.9. The van der Waals surface area contributed by atoms with E-state index in [9.17, 15) is 4.79 Å². The molecule has 3 heterocycles. The molecule has 2 aliphatic rings. The van der Waals surface area contributed by atoms with Crippen LogP contribution in [-0.2, 0) is 6.54 Å². The molecule has 0 N–H and O–H groups in total. The molecular formula is C11H12BrNOS. The Morgan fingerprint density at radius 2 is 2.20 bits per heavy atom. The van der Waals surface area contributed by atoms with Gasteiger partial charge in [-0.2, -0.15) is 0 Å². The summed E-state index contributed by atoms with van der Waals surface area (Å²) in [6, 6.07) is 1.97. The number of hydrogen-bond donors (Lipinski definition) is 0. The van der Waals surface area contributed by atoms with Gasteiger partial charge in [0, 0.05) is 18.4 Å². The van der Waals surface area contributed by atoms with Gasteiger partial charge in [-0.1, -0.05) is 0 Å². The Balaban J connectivity index is 0.000000853. The van der Waals surface area contributed by atoms with Gasteiger partial charge in [0.15, 0.2) is 6.54 Å². The first kappa shape index (κ1) is 11.0. The molecule has 2 nitrogen and oxygen atoms in total. The van der Waals surface area contributed by atoms with Crippen molar-refractivity contribution in [3.05, 3.63) is 21.9 Å². The predicted molar refractivity (Wildman–Crippen MR) is 56.3 cm³/mol. The molecule has 4 heteroatoms. The second kappa shape index (κ2) is 4.18. The van der Waals surface area contributed by atoms with Crippen molar-refractivity contribution in [2.75, 3.05) is 6.54 Å².